The van der Waals surface area contributed by atoms with E-state index in [0.717, 1.165) is 5.52 Å². The molecule has 1 aromatic heterocycles. The maximum atomic E-state index is 14.8. The van der Waals surface area contributed by atoms with Gasteiger partial charge in [-0.2, -0.15) is 0 Å². The molecule has 0 aliphatic carbocycles. The van der Waals surface area contributed by atoms with E-state index in [1.807, 2.05) is 72.8 Å². The number of carbonyl (C=O) groups is 3. The highest BCUT2D eigenvalue weighted by atomic mass is 16.6. The number of aliphatic hydroxyl groups is 1. The van der Waals surface area contributed by atoms with Crippen LogP contribution in [0.2, 0.25) is 0 Å². The molecule has 4 aliphatic heterocycles. The van der Waals surface area contributed by atoms with Gasteiger partial charge in [0.25, 0.3) is 5.91 Å². The van der Waals surface area contributed by atoms with Crippen molar-refractivity contribution in [1.82, 2.24) is 24.8 Å². The summed E-state index contributed by atoms with van der Waals surface area (Å²) in [4.78, 5) is 46.1. The SMILES string of the molecule is C[C@@]12/C=C\CCCOC(=O)[C@@H]1[C@H]1C(=O)N([C@H](CO)c3ccccc3)C3C(=O)N(Cn4nnc5ccccc54)CC=C[C@@]31O2. The highest BCUT2D eigenvalue weighted by Crippen LogP contribution is 2.58. The van der Waals surface area contributed by atoms with Crippen molar-refractivity contribution in [1.29, 1.82) is 0 Å². The molecule has 0 bridgehead atoms. The molecule has 2 fully saturated rings. The lowest BCUT2D eigenvalue weighted by atomic mass is 9.74. The van der Waals surface area contributed by atoms with Gasteiger partial charge in [0.15, 0.2) is 0 Å². The number of fused-ring (bicyclic) bond motifs is 3. The van der Waals surface area contributed by atoms with Crippen LogP contribution < -0.4 is 0 Å². The molecule has 1 N–H and O–H groups in total. The monoisotopic (exact) mass is 583 g/mol. The number of likely N-dealkylation sites (tertiary alicyclic amines) is 1. The Morgan fingerprint density at radius 1 is 1.00 bits per heavy atom. The number of nitrogens with zero attached hydrogens (tertiary/aromatic N) is 5. The molecule has 11 heteroatoms. The van der Waals surface area contributed by atoms with Crippen molar-refractivity contribution in [2.24, 2.45) is 11.8 Å². The number of ether oxygens (including phenoxy) is 2. The molecule has 5 heterocycles. The molecule has 2 aromatic carbocycles. The third-order valence-electron chi connectivity index (χ3n) is 9.19. The van der Waals surface area contributed by atoms with E-state index in [4.69, 9.17) is 9.47 Å². The van der Waals surface area contributed by atoms with Gasteiger partial charge in [-0.1, -0.05) is 72.0 Å². The fourth-order valence-corrected chi connectivity index (χ4v) is 7.30. The quantitative estimate of drug-likeness (QED) is 0.359. The van der Waals surface area contributed by atoms with Gasteiger partial charge in [-0.3, -0.25) is 14.4 Å². The number of benzene rings is 2. The number of aromatic nitrogens is 3. The average molecular weight is 584 g/mol. The lowest BCUT2D eigenvalue weighted by molar-refractivity contribution is -0.161. The standard InChI is InChI=1S/C32H33N5O6/c1-31-15-8-3-9-18-42-30(41)26(31)25-28(39)37(24(19-38)21-11-4-2-5-12-21)27-29(40)35(17-10-16-32(25,27)43-31)20-36-23-14-7-6-13-22(23)33-34-36/h2,4-8,10-16,24-27,38H,3,9,17-20H2,1H3/b15-8-/t24-,25+,26+,27?,31-,32+/m1/s1. The topological polar surface area (TPSA) is 127 Å². The first-order valence-corrected chi connectivity index (χ1v) is 14.7. The van der Waals surface area contributed by atoms with Crippen molar-refractivity contribution in [3.05, 3.63) is 84.5 Å². The molecule has 6 atom stereocenters. The minimum absolute atomic E-state index is 0.0841. The minimum Gasteiger partial charge on any atom is -0.465 e. The molecule has 3 aromatic rings. The summed E-state index contributed by atoms with van der Waals surface area (Å²) < 4.78 is 14.2. The van der Waals surface area contributed by atoms with Gasteiger partial charge in [-0.25, -0.2) is 4.68 Å². The summed E-state index contributed by atoms with van der Waals surface area (Å²) in [6.45, 7) is 1.90. The highest BCUT2D eigenvalue weighted by molar-refractivity contribution is 5.99. The molecule has 11 nitrogen and oxygen atoms in total. The zero-order valence-corrected chi connectivity index (χ0v) is 23.8. The van der Waals surface area contributed by atoms with Crippen LogP contribution in [0.4, 0.5) is 0 Å². The predicted molar refractivity (Wildman–Crippen MR) is 154 cm³/mol. The van der Waals surface area contributed by atoms with Gasteiger partial charge in [0, 0.05) is 6.54 Å². The molecule has 1 spiro atoms. The third kappa shape index (κ3) is 4.21. The van der Waals surface area contributed by atoms with Crippen LogP contribution in [0.25, 0.3) is 11.0 Å². The van der Waals surface area contributed by atoms with Gasteiger partial charge in [0.1, 0.15) is 29.7 Å². The van der Waals surface area contributed by atoms with Crippen LogP contribution >= 0.6 is 0 Å². The van der Waals surface area contributed by atoms with Crippen LogP contribution in [0, 0.1) is 11.8 Å². The van der Waals surface area contributed by atoms with Gasteiger partial charge >= 0.3 is 5.97 Å². The zero-order chi connectivity index (χ0) is 29.8. The average Bonchev–Trinajstić information content (AvgIpc) is 3.58. The van der Waals surface area contributed by atoms with Crippen LogP contribution in [0.15, 0.2) is 78.9 Å². The molecule has 2 amide bonds. The van der Waals surface area contributed by atoms with Gasteiger partial charge in [-0.05, 0) is 37.5 Å². The fraction of sp³-hybridized carbons (Fsp3) is 0.406. The number of hydrogen-bond acceptors (Lipinski definition) is 8. The Bertz CT molecular complexity index is 1640. The van der Waals surface area contributed by atoms with Crippen LogP contribution in [0.1, 0.15) is 31.4 Å². The summed E-state index contributed by atoms with van der Waals surface area (Å²) in [5.41, 5.74) is -0.529. The van der Waals surface area contributed by atoms with Gasteiger partial charge < -0.3 is 24.4 Å². The molecular formula is C32H33N5O6. The molecular weight excluding hydrogens is 550 g/mol. The Labute approximate surface area is 248 Å². The largest absolute Gasteiger partial charge is 0.465 e. The summed E-state index contributed by atoms with van der Waals surface area (Å²) in [7, 11) is 0. The van der Waals surface area contributed by atoms with Gasteiger partial charge in [0.05, 0.1) is 36.3 Å². The number of rotatable bonds is 5. The Hall–Kier alpha value is -4.35. The van der Waals surface area contributed by atoms with Crippen molar-refractivity contribution in [3.8, 4) is 0 Å². The summed E-state index contributed by atoms with van der Waals surface area (Å²) in [6.07, 6.45) is 8.75. The third-order valence-corrected chi connectivity index (χ3v) is 9.19. The number of para-hydroxylation sites is 1. The predicted octanol–water partition coefficient (Wildman–Crippen LogP) is 2.38. The second-order valence-corrected chi connectivity index (χ2v) is 11.7. The van der Waals surface area contributed by atoms with E-state index in [2.05, 4.69) is 10.3 Å². The Morgan fingerprint density at radius 2 is 1.79 bits per heavy atom. The van der Waals surface area contributed by atoms with Crippen molar-refractivity contribution in [2.45, 2.75) is 49.7 Å². The number of allylic oxidation sites excluding steroid dienone is 1. The van der Waals surface area contributed by atoms with Crippen molar-refractivity contribution in [2.75, 3.05) is 19.8 Å². The first-order valence-electron chi connectivity index (χ1n) is 14.7. The lowest BCUT2D eigenvalue weighted by Crippen LogP contribution is -2.57. The fourth-order valence-electron chi connectivity index (χ4n) is 7.30. The number of hydrogen-bond donors (Lipinski definition) is 1. The van der Waals surface area contributed by atoms with Crippen molar-refractivity contribution < 1.29 is 29.0 Å². The number of amides is 2. The number of cyclic esters (lactones) is 1. The molecule has 0 saturated carbocycles. The Balaban J connectivity index is 1.36. The normalized spacial score (nSPS) is 31.9. The first kappa shape index (κ1) is 27.5. The smallest absolute Gasteiger partial charge is 0.313 e. The molecule has 7 rings (SSSR count). The van der Waals surface area contributed by atoms with Crippen LogP contribution in [0.5, 0.6) is 0 Å². The Kier molecular flexibility index (Phi) is 6.66. The van der Waals surface area contributed by atoms with E-state index < -0.39 is 53.6 Å². The zero-order valence-electron chi connectivity index (χ0n) is 23.8. The second-order valence-electron chi connectivity index (χ2n) is 11.7. The van der Waals surface area contributed by atoms with E-state index in [9.17, 15) is 19.5 Å². The Morgan fingerprint density at radius 3 is 2.60 bits per heavy atom. The number of carbonyl (C=O) groups excluding carboxylic acids is 3. The lowest BCUT2D eigenvalue weighted by Gasteiger charge is -2.40. The molecule has 1 unspecified atom stereocenters. The summed E-state index contributed by atoms with van der Waals surface area (Å²) in [5.74, 6) is -3.36. The van der Waals surface area contributed by atoms with E-state index in [-0.39, 0.29) is 25.7 Å². The van der Waals surface area contributed by atoms with Crippen LogP contribution in [0.3, 0.4) is 0 Å². The van der Waals surface area contributed by atoms with Crippen molar-refractivity contribution in [3.63, 3.8) is 0 Å². The first-order chi connectivity index (χ1) is 20.9. The molecule has 4 aliphatic rings. The van der Waals surface area contributed by atoms with Gasteiger partial charge in [-0.15, -0.1) is 5.10 Å². The second kappa shape index (κ2) is 10.4. The molecule has 2 saturated heterocycles. The molecule has 0 radical (unpaired) electrons. The van der Waals surface area contributed by atoms with E-state index >= 15 is 0 Å². The van der Waals surface area contributed by atoms with E-state index in [0.29, 0.717) is 23.9 Å². The molecule has 222 valence electrons. The number of aliphatic hydroxyl groups excluding tert-OH is 1. The molecule has 43 heavy (non-hydrogen) atoms. The maximum absolute atomic E-state index is 14.8. The van der Waals surface area contributed by atoms with E-state index in [1.54, 1.807) is 22.6 Å². The summed E-state index contributed by atoms with van der Waals surface area (Å²) >= 11 is 0. The summed E-state index contributed by atoms with van der Waals surface area (Å²) in [6, 6.07) is 14.6. The summed E-state index contributed by atoms with van der Waals surface area (Å²) in [5, 5.41) is 19.2. The highest BCUT2D eigenvalue weighted by Gasteiger charge is 2.75. The minimum atomic E-state index is -1.47. The number of esters is 1. The van der Waals surface area contributed by atoms with Crippen LogP contribution in [-0.4, -0.2) is 84.7 Å². The van der Waals surface area contributed by atoms with Gasteiger partial charge in [0.2, 0.25) is 5.91 Å². The van der Waals surface area contributed by atoms with E-state index in [1.165, 1.54) is 4.90 Å². The van der Waals surface area contributed by atoms with Crippen molar-refractivity contribution >= 4 is 28.8 Å². The maximum Gasteiger partial charge on any atom is 0.313 e. The van der Waals surface area contributed by atoms with Crippen LogP contribution in [-0.2, 0) is 30.5 Å².